The number of Topliss-reactive ketones (excluding diaryl/α,β-unsaturated/α-hetero) is 1. The zero-order chi connectivity index (χ0) is 23.5. The van der Waals surface area contributed by atoms with E-state index in [0.717, 1.165) is 5.56 Å². The topological polar surface area (TPSA) is 89.5 Å². The van der Waals surface area contributed by atoms with Crippen LogP contribution in [0, 0.1) is 5.92 Å². The molecular formula is C25H31NO5S. The minimum Gasteiger partial charge on any atom is -0.497 e. The Morgan fingerprint density at radius 3 is 2.19 bits per heavy atom. The third kappa shape index (κ3) is 5.97. The van der Waals surface area contributed by atoms with Crippen molar-refractivity contribution < 1.29 is 22.7 Å². The molecule has 0 saturated carbocycles. The molecule has 1 amide bonds. The Bertz CT molecular complexity index is 1070. The van der Waals surface area contributed by atoms with Gasteiger partial charge in [-0.05, 0) is 40.7 Å². The predicted octanol–water partition coefficient (Wildman–Crippen LogP) is 3.40. The maximum atomic E-state index is 13.3. The lowest BCUT2D eigenvalue weighted by molar-refractivity contribution is -0.129. The Labute approximate surface area is 190 Å². The van der Waals surface area contributed by atoms with Crippen molar-refractivity contribution in [3.8, 4) is 5.75 Å². The number of amides is 1. The molecule has 1 saturated heterocycles. The van der Waals surface area contributed by atoms with E-state index in [9.17, 15) is 18.0 Å². The van der Waals surface area contributed by atoms with E-state index in [0.29, 0.717) is 11.3 Å². The molecule has 2 atom stereocenters. The summed E-state index contributed by atoms with van der Waals surface area (Å²) in [4.78, 5) is 26.1. The van der Waals surface area contributed by atoms with Crippen LogP contribution in [-0.2, 0) is 31.3 Å². The van der Waals surface area contributed by atoms with Crippen molar-refractivity contribution in [2.75, 3.05) is 18.6 Å². The molecule has 2 unspecified atom stereocenters. The fourth-order valence-electron chi connectivity index (χ4n) is 3.83. The summed E-state index contributed by atoms with van der Waals surface area (Å²) in [5, 5.41) is 2.81. The van der Waals surface area contributed by atoms with Crippen LogP contribution in [0.4, 0.5) is 0 Å². The number of nitrogens with one attached hydrogen (secondary N) is 1. The van der Waals surface area contributed by atoms with Crippen LogP contribution in [0.3, 0.4) is 0 Å². The van der Waals surface area contributed by atoms with Gasteiger partial charge >= 0.3 is 0 Å². The third-order valence-electron chi connectivity index (χ3n) is 5.86. The minimum absolute atomic E-state index is 0.00631. The Kier molecular flexibility index (Phi) is 7.08. The lowest BCUT2D eigenvalue weighted by Crippen LogP contribution is -2.38. The largest absolute Gasteiger partial charge is 0.497 e. The highest BCUT2D eigenvalue weighted by Gasteiger charge is 2.35. The molecular weight excluding hydrogens is 426 g/mol. The van der Waals surface area contributed by atoms with Gasteiger partial charge in [-0.15, -0.1) is 0 Å². The number of methoxy groups -OCH3 is 1. The summed E-state index contributed by atoms with van der Waals surface area (Å²) in [5.74, 6) is -0.704. The maximum Gasteiger partial charge on any atom is 0.225 e. The van der Waals surface area contributed by atoms with Gasteiger partial charge in [-0.3, -0.25) is 9.59 Å². The summed E-state index contributed by atoms with van der Waals surface area (Å²) in [6.07, 6.45) is 0.441. The van der Waals surface area contributed by atoms with Crippen molar-refractivity contribution in [1.82, 2.24) is 5.32 Å². The van der Waals surface area contributed by atoms with Crippen LogP contribution in [0.1, 0.15) is 49.9 Å². The molecule has 1 fully saturated rings. The van der Waals surface area contributed by atoms with E-state index in [1.807, 2.05) is 24.3 Å². The Morgan fingerprint density at radius 2 is 1.69 bits per heavy atom. The first-order valence-corrected chi connectivity index (χ1v) is 12.6. The fraction of sp³-hybridized carbons (Fsp3) is 0.440. The van der Waals surface area contributed by atoms with Crippen LogP contribution in [-0.4, -0.2) is 38.7 Å². The first-order valence-electron chi connectivity index (χ1n) is 10.8. The number of sulfone groups is 1. The zero-order valence-corrected chi connectivity index (χ0v) is 19.9. The second-order valence-corrected chi connectivity index (χ2v) is 11.6. The van der Waals surface area contributed by atoms with Crippen LogP contribution in [0.25, 0.3) is 0 Å². The smallest absolute Gasteiger partial charge is 0.225 e. The lowest BCUT2D eigenvalue weighted by atomic mass is 9.86. The SMILES string of the molecule is COc1ccc(C(NC(=O)C2CCS(=O)(=O)C2)C(=O)Cc2ccc(C(C)(C)C)cc2)cc1. The van der Waals surface area contributed by atoms with Gasteiger partial charge in [-0.1, -0.05) is 57.2 Å². The molecule has 6 nitrogen and oxygen atoms in total. The molecule has 0 bridgehead atoms. The predicted molar refractivity (Wildman–Crippen MR) is 124 cm³/mol. The van der Waals surface area contributed by atoms with E-state index in [2.05, 4.69) is 26.1 Å². The number of ether oxygens (including phenoxy) is 1. The molecule has 0 aliphatic carbocycles. The summed E-state index contributed by atoms with van der Waals surface area (Å²) in [6.45, 7) is 6.39. The van der Waals surface area contributed by atoms with Crippen molar-refractivity contribution in [2.24, 2.45) is 5.92 Å². The molecule has 1 heterocycles. The highest BCUT2D eigenvalue weighted by Crippen LogP contribution is 2.25. The van der Waals surface area contributed by atoms with Gasteiger partial charge in [0.2, 0.25) is 5.91 Å². The van der Waals surface area contributed by atoms with E-state index in [-0.39, 0.29) is 35.5 Å². The van der Waals surface area contributed by atoms with Gasteiger partial charge < -0.3 is 10.1 Å². The second-order valence-electron chi connectivity index (χ2n) is 9.40. The molecule has 0 aromatic heterocycles. The maximum absolute atomic E-state index is 13.3. The Hall–Kier alpha value is -2.67. The molecule has 1 aliphatic heterocycles. The van der Waals surface area contributed by atoms with Crippen LogP contribution in [0.2, 0.25) is 0 Å². The van der Waals surface area contributed by atoms with Crippen molar-refractivity contribution >= 4 is 21.5 Å². The number of rotatable bonds is 7. The molecule has 2 aromatic rings. The van der Waals surface area contributed by atoms with Crippen molar-refractivity contribution in [3.63, 3.8) is 0 Å². The summed E-state index contributed by atoms with van der Waals surface area (Å²) in [7, 11) is -1.64. The molecule has 1 N–H and O–H groups in total. The van der Waals surface area contributed by atoms with E-state index in [1.54, 1.807) is 31.4 Å². The monoisotopic (exact) mass is 457 g/mol. The minimum atomic E-state index is -3.20. The molecule has 172 valence electrons. The number of carbonyl (C=O) groups is 2. The van der Waals surface area contributed by atoms with Crippen molar-refractivity contribution in [3.05, 3.63) is 65.2 Å². The van der Waals surface area contributed by atoms with Crippen LogP contribution in [0.5, 0.6) is 5.75 Å². The molecule has 32 heavy (non-hydrogen) atoms. The number of ketones is 1. The first kappa shape index (κ1) is 24.0. The van der Waals surface area contributed by atoms with Gasteiger partial charge in [-0.25, -0.2) is 8.42 Å². The van der Waals surface area contributed by atoms with E-state index in [4.69, 9.17) is 4.74 Å². The molecule has 3 rings (SSSR count). The van der Waals surface area contributed by atoms with E-state index in [1.165, 1.54) is 5.56 Å². The van der Waals surface area contributed by atoms with E-state index < -0.39 is 27.7 Å². The Morgan fingerprint density at radius 1 is 1.06 bits per heavy atom. The number of hydrogen-bond acceptors (Lipinski definition) is 5. The normalized spacial score (nSPS) is 18.7. The summed E-state index contributed by atoms with van der Waals surface area (Å²) >= 11 is 0. The third-order valence-corrected chi connectivity index (χ3v) is 7.63. The summed E-state index contributed by atoms with van der Waals surface area (Å²) in [6, 6.07) is 14.0. The molecule has 2 aromatic carbocycles. The standard InChI is InChI=1S/C25H31NO5S/c1-25(2,3)20-9-5-17(6-10-20)15-22(27)23(18-7-11-21(31-4)12-8-18)26-24(28)19-13-14-32(29,30)16-19/h5-12,19,23H,13-16H2,1-4H3,(H,26,28). The second kappa shape index (κ2) is 9.45. The van der Waals surface area contributed by atoms with Crippen LogP contribution >= 0.6 is 0 Å². The van der Waals surface area contributed by atoms with Gasteiger partial charge in [0.15, 0.2) is 15.6 Å². The quantitative estimate of drug-likeness (QED) is 0.688. The van der Waals surface area contributed by atoms with Crippen LogP contribution < -0.4 is 10.1 Å². The highest BCUT2D eigenvalue weighted by molar-refractivity contribution is 7.91. The number of carbonyl (C=O) groups excluding carboxylic acids is 2. The van der Waals surface area contributed by atoms with Crippen molar-refractivity contribution in [2.45, 2.75) is 45.1 Å². The molecule has 7 heteroatoms. The van der Waals surface area contributed by atoms with Gasteiger partial charge in [0.05, 0.1) is 24.5 Å². The summed E-state index contributed by atoms with van der Waals surface area (Å²) < 4.78 is 28.8. The van der Waals surface area contributed by atoms with Gasteiger partial charge in [0, 0.05) is 6.42 Å². The fourth-order valence-corrected chi connectivity index (χ4v) is 5.58. The van der Waals surface area contributed by atoms with E-state index >= 15 is 0 Å². The van der Waals surface area contributed by atoms with Gasteiger partial charge in [0.1, 0.15) is 11.8 Å². The average Bonchev–Trinajstić information content (AvgIpc) is 3.11. The summed E-state index contributed by atoms with van der Waals surface area (Å²) in [5.41, 5.74) is 2.69. The lowest BCUT2D eigenvalue weighted by Gasteiger charge is -2.21. The molecule has 0 radical (unpaired) electrons. The number of benzene rings is 2. The van der Waals surface area contributed by atoms with Crippen LogP contribution in [0.15, 0.2) is 48.5 Å². The van der Waals surface area contributed by atoms with Gasteiger partial charge in [-0.2, -0.15) is 0 Å². The number of hydrogen-bond donors (Lipinski definition) is 1. The van der Waals surface area contributed by atoms with Gasteiger partial charge in [0.25, 0.3) is 0 Å². The molecule has 1 aliphatic rings. The average molecular weight is 458 g/mol. The first-order chi connectivity index (χ1) is 15.0. The highest BCUT2D eigenvalue weighted by atomic mass is 32.2. The Balaban J connectivity index is 1.81. The van der Waals surface area contributed by atoms with Crippen molar-refractivity contribution in [1.29, 1.82) is 0 Å². The molecule has 0 spiro atoms. The zero-order valence-electron chi connectivity index (χ0n) is 19.1.